The number of aliphatic hydroxyl groups excluding tert-OH is 1. The van der Waals surface area contributed by atoms with Gasteiger partial charge in [0.1, 0.15) is 5.82 Å². The zero-order valence-electron chi connectivity index (χ0n) is 8.56. The van der Waals surface area contributed by atoms with Crippen LogP contribution in [0.4, 0.5) is 4.39 Å². The minimum atomic E-state index is -0.770. The van der Waals surface area contributed by atoms with E-state index in [1.165, 1.54) is 23.0 Å². The molecule has 2 rings (SSSR count). The lowest BCUT2D eigenvalue weighted by Gasteiger charge is -2.11. The van der Waals surface area contributed by atoms with Gasteiger partial charge in [0.15, 0.2) is 0 Å². The molecular formula is C11H10ClFN2O. The van der Waals surface area contributed by atoms with Crippen LogP contribution in [0.15, 0.2) is 30.6 Å². The number of hydrogen-bond donors (Lipinski definition) is 1. The Bertz CT molecular complexity index is 510. The van der Waals surface area contributed by atoms with Crippen molar-refractivity contribution in [3.63, 3.8) is 0 Å². The van der Waals surface area contributed by atoms with E-state index in [9.17, 15) is 9.50 Å². The molecule has 0 spiro atoms. The number of rotatable bonds is 2. The van der Waals surface area contributed by atoms with Crippen LogP contribution in [0.3, 0.4) is 0 Å². The first-order valence-corrected chi connectivity index (χ1v) is 5.14. The van der Waals surface area contributed by atoms with Gasteiger partial charge in [-0.15, -0.1) is 0 Å². The number of benzene rings is 1. The molecule has 1 aromatic heterocycles. The maximum absolute atomic E-state index is 13.1. The average Bonchev–Trinajstić information content (AvgIpc) is 2.64. The Morgan fingerprint density at radius 2 is 2.25 bits per heavy atom. The number of halogens is 2. The molecule has 1 N–H and O–H groups in total. The predicted molar refractivity (Wildman–Crippen MR) is 59.2 cm³/mol. The van der Waals surface area contributed by atoms with Gasteiger partial charge in [0, 0.05) is 11.8 Å². The molecule has 2 aromatic rings. The molecule has 0 aliphatic heterocycles. The lowest BCUT2D eigenvalue weighted by Crippen LogP contribution is -2.03. The van der Waals surface area contributed by atoms with E-state index in [4.69, 9.17) is 11.6 Å². The van der Waals surface area contributed by atoms with Crippen molar-refractivity contribution in [1.82, 2.24) is 9.78 Å². The van der Waals surface area contributed by atoms with Crippen molar-refractivity contribution in [1.29, 1.82) is 0 Å². The van der Waals surface area contributed by atoms with Crippen molar-refractivity contribution in [2.45, 2.75) is 13.0 Å². The Kier molecular flexibility index (Phi) is 2.94. The summed E-state index contributed by atoms with van der Waals surface area (Å²) in [7, 11) is 0. The fourth-order valence-corrected chi connectivity index (χ4v) is 1.64. The maximum Gasteiger partial charge on any atom is 0.123 e. The minimum absolute atomic E-state index is 0.391. The van der Waals surface area contributed by atoms with Gasteiger partial charge in [0.25, 0.3) is 0 Å². The topological polar surface area (TPSA) is 38.0 Å². The minimum Gasteiger partial charge on any atom is -0.389 e. The average molecular weight is 241 g/mol. The highest BCUT2D eigenvalue weighted by Gasteiger charge is 2.11. The molecule has 0 saturated heterocycles. The van der Waals surface area contributed by atoms with E-state index in [0.29, 0.717) is 16.3 Å². The first-order chi connectivity index (χ1) is 7.58. The van der Waals surface area contributed by atoms with Gasteiger partial charge in [-0.25, -0.2) is 9.07 Å². The zero-order chi connectivity index (χ0) is 11.7. The second-order valence-electron chi connectivity index (χ2n) is 3.48. The lowest BCUT2D eigenvalue weighted by atomic mass is 10.1. The van der Waals surface area contributed by atoms with Crippen LogP contribution in [-0.2, 0) is 0 Å². The molecule has 84 valence electrons. The summed E-state index contributed by atoms with van der Waals surface area (Å²) in [6.07, 6.45) is 2.31. The Balaban J connectivity index is 2.56. The predicted octanol–water partition coefficient (Wildman–Crippen LogP) is 2.72. The van der Waals surface area contributed by atoms with Crippen molar-refractivity contribution in [3.05, 3.63) is 47.0 Å². The summed E-state index contributed by atoms with van der Waals surface area (Å²) in [6, 6.07) is 4.16. The highest BCUT2D eigenvalue weighted by atomic mass is 35.5. The molecule has 0 aliphatic rings. The van der Waals surface area contributed by atoms with Gasteiger partial charge in [-0.1, -0.05) is 11.6 Å². The smallest absolute Gasteiger partial charge is 0.123 e. The monoisotopic (exact) mass is 240 g/mol. The van der Waals surface area contributed by atoms with Crippen LogP contribution in [0.1, 0.15) is 18.6 Å². The van der Waals surface area contributed by atoms with Crippen LogP contribution in [0.5, 0.6) is 0 Å². The third-order valence-corrected chi connectivity index (χ3v) is 2.43. The molecule has 0 bridgehead atoms. The second kappa shape index (κ2) is 4.23. The van der Waals surface area contributed by atoms with Gasteiger partial charge in [-0.3, -0.25) is 0 Å². The Labute approximate surface area is 97.1 Å². The SMILES string of the molecule is CC(O)c1cc(F)ccc1-n1cc(Cl)cn1. The molecule has 1 unspecified atom stereocenters. The number of hydrogen-bond acceptors (Lipinski definition) is 2. The standard InChI is InChI=1S/C11H10ClFN2O/c1-7(16)10-4-9(13)2-3-11(10)15-6-8(12)5-14-15/h2-7,16H,1H3. The quantitative estimate of drug-likeness (QED) is 0.877. The van der Waals surface area contributed by atoms with Crippen LogP contribution in [0, 0.1) is 5.82 Å². The molecule has 16 heavy (non-hydrogen) atoms. The molecule has 0 amide bonds. The van der Waals surface area contributed by atoms with E-state index in [1.54, 1.807) is 19.2 Å². The summed E-state index contributed by atoms with van der Waals surface area (Å²) >= 11 is 5.75. The summed E-state index contributed by atoms with van der Waals surface area (Å²) in [5.41, 5.74) is 1.09. The van der Waals surface area contributed by atoms with Gasteiger partial charge in [-0.05, 0) is 25.1 Å². The van der Waals surface area contributed by atoms with E-state index in [1.807, 2.05) is 0 Å². The van der Waals surface area contributed by atoms with Crippen LogP contribution in [0.2, 0.25) is 5.02 Å². The highest BCUT2D eigenvalue weighted by Crippen LogP contribution is 2.23. The third-order valence-electron chi connectivity index (χ3n) is 2.24. The van der Waals surface area contributed by atoms with Gasteiger partial charge in [0.2, 0.25) is 0 Å². The summed E-state index contributed by atoms with van der Waals surface area (Å²) in [6.45, 7) is 1.57. The first kappa shape index (κ1) is 11.1. The van der Waals surface area contributed by atoms with Crippen LogP contribution in [-0.4, -0.2) is 14.9 Å². The molecule has 3 nitrogen and oxygen atoms in total. The van der Waals surface area contributed by atoms with Gasteiger partial charge < -0.3 is 5.11 Å². The van der Waals surface area contributed by atoms with Crippen molar-refractivity contribution in [2.75, 3.05) is 0 Å². The van der Waals surface area contributed by atoms with Gasteiger partial charge in [0.05, 0.1) is 23.0 Å². The number of nitrogens with zero attached hydrogens (tertiary/aromatic N) is 2. The first-order valence-electron chi connectivity index (χ1n) is 4.76. The molecule has 0 radical (unpaired) electrons. The van der Waals surface area contributed by atoms with Gasteiger partial charge >= 0.3 is 0 Å². The van der Waals surface area contributed by atoms with E-state index >= 15 is 0 Å². The lowest BCUT2D eigenvalue weighted by molar-refractivity contribution is 0.198. The second-order valence-corrected chi connectivity index (χ2v) is 3.92. The molecule has 1 aromatic carbocycles. The summed E-state index contributed by atoms with van der Waals surface area (Å²) in [4.78, 5) is 0. The van der Waals surface area contributed by atoms with Crippen LogP contribution in [0.25, 0.3) is 5.69 Å². The highest BCUT2D eigenvalue weighted by molar-refractivity contribution is 6.30. The summed E-state index contributed by atoms with van der Waals surface area (Å²) < 4.78 is 14.6. The Morgan fingerprint density at radius 3 is 2.81 bits per heavy atom. The van der Waals surface area contributed by atoms with E-state index in [0.717, 1.165) is 0 Å². The van der Waals surface area contributed by atoms with Crippen molar-refractivity contribution >= 4 is 11.6 Å². The largest absolute Gasteiger partial charge is 0.389 e. The number of aromatic nitrogens is 2. The van der Waals surface area contributed by atoms with E-state index in [2.05, 4.69) is 5.10 Å². The molecule has 1 atom stereocenters. The van der Waals surface area contributed by atoms with Crippen molar-refractivity contribution in [2.24, 2.45) is 0 Å². The van der Waals surface area contributed by atoms with Crippen LogP contribution >= 0.6 is 11.6 Å². The van der Waals surface area contributed by atoms with Gasteiger partial charge in [-0.2, -0.15) is 5.10 Å². The molecule has 5 heteroatoms. The molecule has 0 fully saturated rings. The number of aliphatic hydroxyl groups is 1. The fraction of sp³-hybridized carbons (Fsp3) is 0.182. The normalized spacial score (nSPS) is 12.8. The Hall–Kier alpha value is -1.39. The molecular weight excluding hydrogens is 231 g/mol. The molecule has 1 heterocycles. The van der Waals surface area contributed by atoms with E-state index < -0.39 is 11.9 Å². The Morgan fingerprint density at radius 1 is 1.50 bits per heavy atom. The third kappa shape index (κ3) is 2.08. The molecule has 0 aliphatic carbocycles. The summed E-state index contributed by atoms with van der Waals surface area (Å²) in [5.74, 6) is -0.391. The van der Waals surface area contributed by atoms with Crippen molar-refractivity contribution in [3.8, 4) is 5.69 Å². The summed E-state index contributed by atoms with van der Waals surface area (Å²) in [5, 5.41) is 14.1. The van der Waals surface area contributed by atoms with Crippen LogP contribution < -0.4 is 0 Å². The maximum atomic E-state index is 13.1. The molecule has 0 saturated carbocycles. The fourth-order valence-electron chi connectivity index (χ4n) is 1.50. The van der Waals surface area contributed by atoms with E-state index in [-0.39, 0.29) is 0 Å². The van der Waals surface area contributed by atoms with Crippen molar-refractivity contribution < 1.29 is 9.50 Å². The zero-order valence-corrected chi connectivity index (χ0v) is 9.32.